The summed E-state index contributed by atoms with van der Waals surface area (Å²) in [5.74, 6) is 1.04. The lowest BCUT2D eigenvalue weighted by Crippen LogP contribution is -2.36. The van der Waals surface area contributed by atoms with Gasteiger partial charge in [-0.15, -0.1) is 0 Å². The summed E-state index contributed by atoms with van der Waals surface area (Å²) in [5, 5.41) is 8.20. The minimum atomic E-state index is -2.14. The molecule has 0 saturated heterocycles. The maximum atomic E-state index is 7.56. The first-order chi connectivity index (χ1) is 42.9. The van der Waals surface area contributed by atoms with Crippen LogP contribution in [0.2, 0.25) is 0 Å². The van der Waals surface area contributed by atoms with Crippen molar-refractivity contribution in [1.82, 2.24) is 9.97 Å². The molecule has 84 heavy (non-hydrogen) atoms. The summed E-state index contributed by atoms with van der Waals surface area (Å²) in [6, 6.07) is 61.9. The van der Waals surface area contributed by atoms with Crippen LogP contribution < -0.4 is 28.7 Å². The predicted octanol–water partition coefficient (Wildman–Crippen LogP) is 17.5. The number of anilines is 6. The van der Waals surface area contributed by atoms with Crippen molar-refractivity contribution in [2.24, 2.45) is 14.1 Å². The molecule has 8 aromatic carbocycles. The van der Waals surface area contributed by atoms with Gasteiger partial charge in [-0.3, -0.25) is 4.98 Å². The highest BCUT2D eigenvalue weighted by molar-refractivity contribution is 5.95. The molecule has 420 valence electrons. The van der Waals surface area contributed by atoms with E-state index in [9.17, 15) is 0 Å². The summed E-state index contributed by atoms with van der Waals surface area (Å²) >= 11 is 0. The van der Waals surface area contributed by atoms with E-state index in [-0.39, 0.29) is 12.3 Å². The Morgan fingerprint density at radius 2 is 0.869 bits per heavy atom. The molecular weight excluding hydrogens is 1020 g/mol. The van der Waals surface area contributed by atoms with Crippen molar-refractivity contribution >= 4 is 77.5 Å². The minimum absolute atomic E-state index is 0.254. The van der Waals surface area contributed by atoms with E-state index in [4.69, 9.17) is 13.2 Å². The molecule has 2 aliphatic heterocycles. The largest absolute Gasteiger partial charge is 0.353 e. The Bertz CT molecular complexity index is 4550. The molecular formula is C76H78N8+2. The van der Waals surface area contributed by atoms with Crippen molar-refractivity contribution in [2.75, 3.05) is 33.7 Å². The average molecular weight is 1110 g/mol. The Morgan fingerprint density at radius 3 is 1.48 bits per heavy atom. The fourth-order valence-corrected chi connectivity index (χ4v) is 12.3. The van der Waals surface area contributed by atoms with Crippen molar-refractivity contribution in [1.29, 1.82) is 0 Å². The lowest BCUT2D eigenvalue weighted by molar-refractivity contribution is -0.660. The van der Waals surface area contributed by atoms with E-state index >= 15 is 0 Å². The second-order valence-electron chi connectivity index (χ2n) is 22.5. The zero-order valence-electron chi connectivity index (χ0n) is 56.4. The maximum Gasteiger partial charge on any atom is 0.212 e. The van der Waals surface area contributed by atoms with Gasteiger partial charge in [-0.2, -0.15) is 0 Å². The molecule has 0 N–H and O–H groups in total. The van der Waals surface area contributed by atoms with Gasteiger partial charge in [0, 0.05) is 73.7 Å². The van der Waals surface area contributed by atoms with Crippen molar-refractivity contribution in [2.45, 2.75) is 81.4 Å². The molecule has 0 saturated carbocycles. The molecule has 6 heterocycles. The summed E-state index contributed by atoms with van der Waals surface area (Å²) in [6.45, 7) is 13.0. The van der Waals surface area contributed by atoms with Crippen molar-refractivity contribution < 1.29 is 17.4 Å². The molecule has 0 aliphatic carbocycles. The van der Waals surface area contributed by atoms with Gasteiger partial charge in [0.25, 0.3) is 0 Å². The zero-order valence-corrected chi connectivity index (χ0v) is 50.4. The van der Waals surface area contributed by atoms with E-state index in [1.807, 2.05) is 61.3 Å². The van der Waals surface area contributed by atoms with E-state index in [1.54, 1.807) is 24.4 Å². The van der Waals surface area contributed by atoms with E-state index < -0.39 is 13.7 Å². The van der Waals surface area contributed by atoms with Gasteiger partial charge >= 0.3 is 0 Å². The average Bonchev–Trinajstić information content (AvgIpc) is 1.99. The van der Waals surface area contributed by atoms with Gasteiger partial charge in [-0.05, 0) is 173 Å². The summed E-state index contributed by atoms with van der Waals surface area (Å²) in [6.07, 6.45) is 8.32. The number of hydrogen-bond acceptors (Lipinski definition) is 6. The van der Waals surface area contributed by atoms with E-state index in [2.05, 4.69) is 238 Å². The van der Waals surface area contributed by atoms with Gasteiger partial charge in [0.05, 0.1) is 40.2 Å². The molecule has 0 amide bonds. The van der Waals surface area contributed by atoms with Crippen LogP contribution in [0.1, 0.15) is 66.6 Å². The molecule has 2 aliphatic rings. The third kappa shape index (κ3) is 10.7. The molecule has 0 fully saturated rings. The van der Waals surface area contributed by atoms with E-state index in [1.165, 1.54) is 94.4 Å². The lowest BCUT2D eigenvalue weighted by atomic mass is 9.96. The number of rotatable bonds is 4. The third-order valence-electron chi connectivity index (χ3n) is 17.1. The molecule has 8 nitrogen and oxygen atoms in total. The van der Waals surface area contributed by atoms with Crippen LogP contribution in [0.4, 0.5) is 34.3 Å². The first-order valence-corrected chi connectivity index (χ1v) is 28.8. The summed E-state index contributed by atoms with van der Waals surface area (Å²) in [7, 11) is 8.22. The summed E-state index contributed by atoms with van der Waals surface area (Å²) in [4.78, 5) is 18.7. The molecule has 0 bridgehead atoms. The fraction of sp³-hybridized carbons (Fsp3) is 0.211. The highest BCUT2D eigenvalue weighted by Crippen LogP contribution is 2.46. The topological polar surface area (TPSA) is 46.5 Å². The lowest BCUT2D eigenvalue weighted by Gasteiger charge is -2.29. The number of fused-ring (bicyclic) bond motifs is 6. The number of aromatic nitrogens is 4. The van der Waals surface area contributed by atoms with Crippen LogP contribution in [-0.4, -0.2) is 36.4 Å². The molecule has 4 aromatic heterocycles. The van der Waals surface area contributed by atoms with Crippen molar-refractivity contribution in [3.8, 4) is 22.5 Å². The zero-order chi connectivity index (χ0) is 64.1. The quantitative estimate of drug-likeness (QED) is 0.164. The highest BCUT2D eigenvalue weighted by Gasteiger charge is 2.34. The minimum Gasteiger partial charge on any atom is -0.353 e. The van der Waals surface area contributed by atoms with Crippen molar-refractivity contribution in [3.63, 3.8) is 0 Å². The van der Waals surface area contributed by atoms with E-state index in [0.717, 1.165) is 38.9 Å². The molecule has 0 unspecified atom stereocenters. The van der Waals surface area contributed by atoms with Gasteiger partial charge in [0.1, 0.15) is 32.2 Å². The Balaban J connectivity index is 0.000000124. The molecule has 2 atom stereocenters. The van der Waals surface area contributed by atoms with Gasteiger partial charge in [0.2, 0.25) is 11.4 Å². The molecule has 0 radical (unpaired) electrons. The number of para-hydroxylation sites is 5. The van der Waals surface area contributed by atoms with Gasteiger partial charge in [0.15, 0.2) is 12.4 Å². The number of aryl methyl sites for hydroxylation is 10. The first kappa shape index (κ1) is 49.2. The van der Waals surface area contributed by atoms with Crippen molar-refractivity contribution in [3.05, 3.63) is 251 Å². The van der Waals surface area contributed by atoms with Gasteiger partial charge in [-0.1, -0.05) is 126 Å². The normalized spacial score (nSPS) is 15.6. The van der Waals surface area contributed by atoms with E-state index in [0.29, 0.717) is 11.1 Å². The molecule has 12 aromatic rings. The smallest absolute Gasteiger partial charge is 0.212 e. The Labute approximate surface area is 505 Å². The Morgan fingerprint density at radius 1 is 0.393 bits per heavy atom. The monoisotopic (exact) mass is 1110 g/mol. The van der Waals surface area contributed by atoms with Crippen LogP contribution in [0.3, 0.4) is 0 Å². The Kier molecular flexibility index (Phi) is 13.7. The first-order valence-electron chi connectivity index (χ1n) is 31.8. The summed E-state index contributed by atoms with van der Waals surface area (Å²) in [5.41, 5.74) is 19.8. The van der Waals surface area contributed by atoms with Crippen LogP contribution in [-0.2, 0) is 14.1 Å². The summed E-state index contributed by atoms with van der Waals surface area (Å²) < 4.78 is 49.3. The number of hydrogen-bond donors (Lipinski definition) is 0. The maximum absolute atomic E-state index is 7.56. The van der Waals surface area contributed by atoms with Crippen LogP contribution in [0, 0.1) is 55.2 Å². The SMILES string of the molecule is Cc1c(N2c3ccccc3N(C)[C@@H]2C)cnc2ccccc12.Cc1c(N2c3ccccc3N(C)[C@@H]2C)ncc2ccccc12.Cc1ccc2c(C)c(-c3ccc(C)c[n+]3C)ccc2c1.[2H]C([2H])([2H])c1ccc2c(C)c(-c3ccc(C([2H])([2H])[2H])c[n+]3C)ccc2c1. The molecule has 8 heteroatoms. The fourth-order valence-electron chi connectivity index (χ4n) is 12.3. The van der Waals surface area contributed by atoms with Crippen LogP contribution >= 0.6 is 0 Å². The highest BCUT2D eigenvalue weighted by atomic mass is 15.4. The third-order valence-corrected chi connectivity index (χ3v) is 17.1. The number of nitrogens with zero attached hydrogens (tertiary/aromatic N) is 8. The second-order valence-corrected chi connectivity index (χ2v) is 22.5. The number of pyridine rings is 4. The van der Waals surface area contributed by atoms with Gasteiger partial charge in [-0.25, -0.2) is 14.1 Å². The second kappa shape index (κ2) is 23.5. The van der Waals surface area contributed by atoms with Crippen LogP contribution in [0.5, 0.6) is 0 Å². The van der Waals surface area contributed by atoms with Gasteiger partial charge < -0.3 is 19.6 Å². The molecule has 14 rings (SSSR count). The predicted molar refractivity (Wildman–Crippen MR) is 355 cm³/mol. The Hall–Kier alpha value is -9.40. The number of benzene rings is 8. The van der Waals surface area contributed by atoms with Crippen LogP contribution in [0.25, 0.3) is 65.7 Å². The molecule has 0 spiro atoms. The van der Waals surface area contributed by atoms with Crippen LogP contribution in [0.15, 0.2) is 207 Å². The standard InChI is InChI=1S/2C19H19N3.2C19H20N/c1-13-15-8-4-5-9-16(15)20-12-19(13)22-14(2)21(3)17-10-6-7-11-18(17)22;1-13-16-9-5-4-8-15(16)12-20-19(13)22-14(2)21(3)17-10-6-7-11-18(17)22;2*1-13-5-8-17-15(3)18(9-7-16(17)11-13)19-10-6-14(2)12-20(19)4/h2*4-12,14H,1-3H3;2*5-12H,1-4H3/q;;2*+1/t2*14-;;/m00../s1/i;;1D3,2D3;.